The number of carbonyl (C=O) groups excluding carboxylic acids is 1. The fourth-order valence-electron chi connectivity index (χ4n) is 2.61. The first-order chi connectivity index (χ1) is 13.0. The van der Waals surface area contributed by atoms with Crippen LogP contribution < -0.4 is 5.32 Å². The minimum atomic E-state index is -0.0748. The molecule has 0 atom stereocenters. The number of hydrogen-bond acceptors (Lipinski definition) is 4. The highest BCUT2D eigenvalue weighted by atomic mass is 127. The van der Waals surface area contributed by atoms with Gasteiger partial charge < -0.3 is 9.88 Å². The summed E-state index contributed by atoms with van der Waals surface area (Å²) in [6.07, 6.45) is 0. The van der Waals surface area contributed by atoms with Crippen LogP contribution in [-0.2, 0) is 11.3 Å². The fourth-order valence-corrected chi connectivity index (χ4v) is 4.28. The van der Waals surface area contributed by atoms with E-state index in [4.69, 9.17) is 11.6 Å². The average molecular weight is 513 g/mol. The number of aryl methyl sites for hydroxylation is 1. The zero-order chi connectivity index (χ0) is 19.4. The number of thioether (sulfide) groups is 1. The molecule has 2 aromatic carbocycles. The van der Waals surface area contributed by atoms with E-state index in [0.717, 1.165) is 20.4 Å². The van der Waals surface area contributed by atoms with E-state index in [2.05, 4.69) is 38.1 Å². The maximum absolute atomic E-state index is 12.3. The quantitative estimate of drug-likeness (QED) is 0.361. The molecule has 0 spiro atoms. The molecule has 0 fully saturated rings. The zero-order valence-corrected chi connectivity index (χ0v) is 18.6. The van der Waals surface area contributed by atoms with Crippen LogP contribution in [0.25, 0.3) is 11.4 Å². The van der Waals surface area contributed by atoms with Crippen molar-refractivity contribution in [3.8, 4) is 11.4 Å². The largest absolute Gasteiger partial charge is 0.325 e. The van der Waals surface area contributed by atoms with Gasteiger partial charge in [-0.15, -0.1) is 10.2 Å². The van der Waals surface area contributed by atoms with E-state index in [0.29, 0.717) is 22.5 Å². The standard InChI is InChI=1S/C19H18ClIN4OS/c1-3-25-18(14-6-4-5-7-15(14)20)23-24-19(25)27-11-17(26)22-16-9-8-13(21)10-12(16)2/h4-10H,3,11H2,1-2H3,(H,22,26). The van der Waals surface area contributed by atoms with Crippen LogP contribution in [0.5, 0.6) is 0 Å². The molecular formula is C19H18ClIN4OS. The van der Waals surface area contributed by atoms with Gasteiger partial charge in [0.15, 0.2) is 11.0 Å². The lowest BCUT2D eigenvalue weighted by atomic mass is 10.2. The van der Waals surface area contributed by atoms with Gasteiger partial charge in [0, 0.05) is 21.4 Å². The molecule has 1 amide bonds. The molecule has 0 unspecified atom stereocenters. The molecule has 3 aromatic rings. The smallest absolute Gasteiger partial charge is 0.234 e. The highest BCUT2D eigenvalue weighted by Crippen LogP contribution is 2.29. The number of hydrogen-bond donors (Lipinski definition) is 1. The summed E-state index contributed by atoms with van der Waals surface area (Å²) >= 11 is 9.90. The maximum Gasteiger partial charge on any atom is 0.234 e. The molecule has 0 saturated heterocycles. The van der Waals surface area contributed by atoms with E-state index in [1.54, 1.807) is 0 Å². The van der Waals surface area contributed by atoms with Crippen LogP contribution in [0, 0.1) is 10.5 Å². The predicted molar refractivity (Wildman–Crippen MR) is 119 cm³/mol. The minimum Gasteiger partial charge on any atom is -0.325 e. The first-order valence-corrected chi connectivity index (χ1v) is 10.8. The third-order valence-electron chi connectivity index (χ3n) is 3.94. The molecule has 3 rings (SSSR count). The SMILES string of the molecule is CCn1c(SCC(=O)Nc2ccc(I)cc2C)nnc1-c1ccccc1Cl. The van der Waals surface area contributed by atoms with Crippen LogP contribution in [0.4, 0.5) is 5.69 Å². The highest BCUT2D eigenvalue weighted by molar-refractivity contribution is 14.1. The molecule has 0 saturated carbocycles. The Hall–Kier alpha value is -1.58. The van der Waals surface area contributed by atoms with Crippen LogP contribution in [0.15, 0.2) is 47.6 Å². The summed E-state index contributed by atoms with van der Waals surface area (Å²) in [5.74, 6) is 0.889. The Kier molecular flexibility index (Phi) is 6.78. The Morgan fingerprint density at radius 2 is 2.04 bits per heavy atom. The number of rotatable bonds is 6. The Morgan fingerprint density at radius 1 is 1.26 bits per heavy atom. The number of benzene rings is 2. The number of nitrogens with zero attached hydrogens (tertiary/aromatic N) is 3. The molecule has 8 heteroatoms. The first-order valence-electron chi connectivity index (χ1n) is 8.36. The van der Waals surface area contributed by atoms with E-state index in [1.165, 1.54) is 11.8 Å². The molecule has 1 heterocycles. The number of nitrogens with one attached hydrogen (secondary N) is 1. The highest BCUT2D eigenvalue weighted by Gasteiger charge is 2.16. The summed E-state index contributed by atoms with van der Waals surface area (Å²) in [4.78, 5) is 12.3. The van der Waals surface area contributed by atoms with Crippen molar-refractivity contribution < 1.29 is 4.79 Å². The minimum absolute atomic E-state index is 0.0748. The molecule has 27 heavy (non-hydrogen) atoms. The fraction of sp³-hybridized carbons (Fsp3) is 0.211. The maximum atomic E-state index is 12.3. The molecule has 0 bridgehead atoms. The molecule has 0 radical (unpaired) electrons. The van der Waals surface area contributed by atoms with Crippen LogP contribution in [0.1, 0.15) is 12.5 Å². The van der Waals surface area contributed by atoms with Crippen LogP contribution in [0.3, 0.4) is 0 Å². The van der Waals surface area contributed by atoms with E-state index in [-0.39, 0.29) is 11.7 Å². The zero-order valence-electron chi connectivity index (χ0n) is 14.9. The van der Waals surface area contributed by atoms with Gasteiger partial charge in [-0.3, -0.25) is 4.79 Å². The average Bonchev–Trinajstić information content (AvgIpc) is 3.05. The van der Waals surface area contributed by atoms with Gasteiger partial charge in [0.1, 0.15) is 0 Å². The number of aromatic nitrogens is 3. The molecule has 1 N–H and O–H groups in total. The Bertz CT molecular complexity index is 976. The van der Waals surface area contributed by atoms with Crippen LogP contribution >= 0.6 is 46.0 Å². The van der Waals surface area contributed by atoms with Crippen molar-refractivity contribution in [2.75, 3.05) is 11.1 Å². The second kappa shape index (κ2) is 9.07. The topological polar surface area (TPSA) is 59.8 Å². The van der Waals surface area contributed by atoms with E-state index < -0.39 is 0 Å². The number of carbonyl (C=O) groups is 1. The lowest BCUT2D eigenvalue weighted by Gasteiger charge is -2.10. The molecule has 0 aliphatic rings. The van der Waals surface area contributed by atoms with Crippen molar-refractivity contribution in [1.29, 1.82) is 0 Å². The molecule has 1 aromatic heterocycles. The van der Waals surface area contributed by atoms with Gasteiger partial charge in [-0.25, -0.2) is 0 Å². The number of halogens is 2. The van der Waals surface area contributed by atoms with Gasteiger partial charge in [-0.2, -0.15) is 0 Å². The van der Waals surface area contributed by atoms with Gasteiger partial charge in [-0.1, -0.05) is 35.5 Å². The second-order valence-electron chi connectivity index (χ2n) is 5.83. The molecule has 0 aliphatic heterocycles. The van der Waals surface area contributed by atoms with Gasteiger partial charge in [0.05, 0.1) is 10.8 Å². The Morgan fingerprint density at radius 3 is 2.74 bits per heavy atom. The first kappa shape index (κ1) is 20.2. The van der Waals surface area contributed by atoms with Crippen LogP contribution in [0.2, 0.25) is 5.02 Å². The molecule has 5 nitrogen and oxygen atoms in total. The molecular weight excluding hydrogens is 495 g/mol. The third kappa shape index (κ3) is 4.83. The summed E-state index contributed by atoms with van der Waals surface area (Å²) < 4.78 is 3.11. The van der Waals surface area contributed by atoms with Gasteiger partial charge >= 0.3 is 0 Å². The second-order valence-corrected chi connectivity index (χ2v) is 8.42. The summed E-state index contributed by atoms with van der Waals surface area (Å²) in [6, 6.07) is 13.5. The van der Waals surface area contributed by atoms with Crippen molar-refractivity contribution in [3.05, 3.63) is 56.6 Å². The lowest BCUT2D eigenvalue weighted by Crippen LogP contribution is -2.15. The van der Waals surface area contributed by atoms with E-state index in [9.17, 15) is 4.79 Å². The van der Waals surface area contributed by atoms with Crippen molar-refractivity contribution in [1.82, 2.24) is 14.8 Å². The summed E-state index contributed by atoms with van der Waals surface area (Å²) in [7, 11) is 0. The lowest BCUT2D eigenvalue weighted by molar-refractivity contribution is -0.113. The van der Waals surface area contributed by atoms with E-state index in [1.807, 2.05) is 60.9 Å². The summed E-state index contributed by atoms with van der Waals surface area (Å²) in [6.45, 7) is 4.69. The monoisotopic (exact) mass is 512 g/mol. The third-order valence-corrected chi connectivity index (χ3v) is 5.91. The van der Waals surface area contributed by atoms with E-state index >= 15 is 0 Å². The summed E-state index contributed by atoms with van der Waals surface area (Å²) in [5, 5.41) is 12.8. The van der Waals surface area contributed by atoms with Gasteiger partial charge in [-0.05, 0) is 72.3 Å². The molecule has 140 valence electrons. The predicted octanol–water partition coefficient (Wildman–Crippen LogP) is 5.26. The van der Waals surface area contributed by atoms with Gasteiger partial charge in [0.2, 0.25) is 5.91 Å². The normalized spacial score (nSPS) is 10.8. The number of amides is 1. The van der Waals surface area contributed by atoms with Crippen LogP contribution in [-0.4, -0.2) is 26.4 Å². The Balaban J connectivity index is 1.71. The van der Waals surface area contributed by atoms with Crippen molar-refractivity contribution in [2.24, 2.45) is 0 Å². The van der Waals surface area contributed by atoms with Crippen molar-refractivity contribution >= 4 is 57.5 Å². The molecule has 0 aliphatic carbocycles. The van der Waals surface area contributed by atoms with Gasteiger partial charge in [0.25, 0.3) is 0 Å². The van der Waals surface area contributed by atoms with Crippen molar-refractivity contribution in [2.45, 2.75) is 25.5 Å². The number of anilines is 1. The summed E-state index contributed by atoms with van der Waals surface area (Å²) in [5.41, 5.74) is 2.70. The van der Waals surface area contributed by atoms with Crippen molar-refractivity contribution in [3.63, 3.8) is 0 Å². The Labute approximate surface area is 181 Å².